The molecular formula is C21H34N6O3. The second-order valence-corrected chi connectivity index (χ2v) is 8.54. The van der Waals surface area contributed by atoms with Crippen LogP contribution in [-0.4, -0.2) is 60.4 Å². The van der Waals surface area contributed by atoms with Crippen molar-refractivity contribution in [2.45, 2.75) is 65.0 Å². The molecule has 1 aromatic rings. The number of piperazine rings is 1. The molecular weight excluding hydrogens is 384 g/mol. The maximum Gasteiger partial charge on any atom is 0.410 e. The summed E-state index contributed by atoms with van der Waals surface area (Å²) in [5.74, 6) is 1.64. The van der Waals surface area contributed by atoms with E-state index < -0.39 is 5.60 Å². The topological polar surface area (TPSA) is 104 Å². The molecule has 1 aliphatic rings. The van der Waals surface area contributed by atoms with Crippen molar-refractivity contribution in [2.75, 3.05) is 37.7 Å². The number of ether oxygens (including phenoxy) is 2. The van der Waals surface area contributed by atoms with E-state index in [1.807, 2.05) is 39.8 Å². The Morgan fingerprint density at radius 2 is 2.03 bits per heavy atom. The molecule has 2 heterocycles. The third kappa shape index (κ3) is 7.99. The molecule has 30 heavy (non-hydrogen) atoms. The average Bonchev–Trinajstić information content (AvgIpc) is 2.69. The Balaban J connectivity index is 1.73. The van der Waals surface area contributed by atoms with Crippen molar-refractivity contribution in [3.05, 3.63) is 28.8 Å². The number of nitrogens with zero attached hydrogens (tertiary/aromatic N) is 6. The zero-order chi connectivity index (χ0) is 22.0. The number of anilines is 1. The van der Waals surface area contributed by atoms with Gasteiger partial charge in [0, 0.05) is 37.1 Å². The molecule has 166 valence electrons. The van der Waals surface area contributed by atoms with Crippen LogP contribution in [0.3, 0.4) is 0 Å². The third-order valence-corrected chi connectivity index (χ3v) is 4.78. The van der Waals surface area contributed by atoms with Crippen LogP contribution in [0.1, 0.15) is 53.4 Å². The molecule has 0 aromatic carbocycles. The number of pyridine rings is 1. The largest absolute Gasteiger partial charge is 0.492 e. The van der Waals surface area contributed by atoms with Crippen molar-refractivity contribution in [2.24, 2.45) is 5.11 Å². The smallest absolute Gasteiger partial charge is 0.410 e. The number of hydrogen-bond donors (Lipinski definition) is 0. The van der Waals surface area contributed by atoms with E-state index in [1.165, 1.54) is 0 Å². The third-order valence-electron chi connectivity index (χ3n) is 4.78. The summed E-state index contributed by atoms with van der Waals surface area (Å²) in [7, 11) is 0. The Labute approximate surface area is 179 Å². The predicted molar refractivity (Wildman–Crippen MR) is 117 cm³/mol. The monoisotopic (exact) mass is 418 g/mol. The van der Waals surface area contributed by atoms with Crippen LogP contribution in [0.2, 0.25) is 0 Å². The fourth-order valence-electron chi connectivity index (χ4n) is 3.28. The summed E-state index contributed by atoms with van der Waals surface area (Å²) < 4.78 is 11.3. The molecule has 0 spiro atoms. The van der Waals surface area contributed by atoms with E-state index in [0.717, 1.165) is 37.3 Å². The number of carbonyl (C=O) groups is 1. The Hall–Kier alpha value is -2.67. The van der Waals surface area contributed by atoms with Gasteiger partial charge in [-0.25, -0.2) is 9.78 Å². The van der Waals surface area contributed by atoms with E-state index in [0.29, 0.717) is 32.8 Å². The highest BCUT2D eigenvalue weighted by Crippen LogP contribution is 2.21. The highest BCUT2D eigenvalue weighted by molar-refractivity contribution is 5.69. The zero-order valence-corrected chi connectivity index (χ0v) is 18.6. The lowest BCUT2D eigenvalue weighted by atomic mass is 10.2. The van der Waals surface area contributed by atoms with Crippen LogP contribution in [0.5, 0.6) is 5.75 Å². The van der Waals surface area contributed by atoms with Crippen LogP contribution in [-0.2, 0) is 4.74 Å². The molecule has 2 rings (SSSR count). The van der Waals surface area contributed by atoms with Crippen LogP contribution in [0.15, 0.2) is 23.4 Å². The van der Waals surface area contributed by atoms with Gasteiger partial charge in [0.1, 0.15) is 17.2 Å². The van der Waals surface area contributed by atoms with Crippen molar-refractivity contribution in [1.82, 2.24) is 9.88 Å². The first kappa shape index (κ1) is 23.6. The quantitative estimate of drug-likeness (QED) is 0.248. The van der Waals surface area contributed by atoms with Crippen molar-refractivity contribution in [1.29, 1.82) is 0 Å². The first-order valence-corrected chi connectivity index (χ1v) is 10.6. The zero-order valence-electron chi connectivity index (χ0n) is 18.6. The van der Waals surface area contributed by atoms with Crippen molar-refractivity contribution in [3.8, 4) is 5.75 Å². The Morgan fingerprint density at radius 1 is 1.27 bits per heavy atom. The first-order chi connectivity index (χ1) is 14.3. The van der Waals surface area contributed by atoms with Gasteiger partial charge in [0.05, 0.1) is 12.8 Å². The van der Waals surface area contributed by atoms with Gasteiger partial charge in [-0.05, 0) is 58.2 Å². The van der Waals surface area contributed by atoms with Gasteiger partial charge < -0.3 is 19.3 Å². The Bertz CT molecular complexity index is 712. The van der Waals surface area contributed by atoms with Crippen LogP contribution >= 0.6 is 0 Å². The summed E-state index contributed by atoms with van der Waals surface area (Å²) in [5, 5.41) is 3.53. The minimum atomic E-state index is -0.489. The van der Waals surface area contributed by atoms with Gasteiger partial charge in [0.25, 0.3) is 0 Å². The summed E-state index contributed by atoms with van der Waals surface area (Å²) >= 11 is 0. The minimum Gasteiger partial charge on any atom is -0.492 e. The number of amides is 1. The molecule has 1 amide bonds. The summed E-state index contributed by atoms with van der Waals surface area (Å²) in [6, 6.07) is 3.95. The van der Waals surface area contributed by atoms with Crippen LogP contribution in [0.4, 0.5) is 10.6 Å². The Kier molecular flexibility index (Phi) is 9.05. The van der Waals surface area contributed by atoms with E-state index in [9.17, 15) is 4.79 Å². The summed E-state index contributed by atoms with van der Waals surface area (Å²) in [6.45, 7) is 10.9. The summed E-state index contributed by atoms with van der Waals surface area (Å²) in [6.07, 6.45) is 5.45. The maximum atomic E-state index is 12.4. The van der Waals surface area contributed by atoms with E-state index in [-0.39, 0.29) is 12.1 Å². The number of aromatic nitrogens is 1. The standard InChI is InChI=1S/C21H34N6O3/c1-17-16-26(12-13-27(17)20(28)30-21(2,3)4)19-10-9-18(15-23-19)29-14-8-6-5-7-11-24-25-22/h9-10,15,17H,5-8,11-14,16H2,1-4H3. The molecule has 1 aromatic heterocycles. The average molecular weight is 419 g/mol. The van der Waals surface area contributed by atoms with Crippen molar-refractivity contribution < 1.29 is 14.3 Å². The second kappa shape index (κ2) is 11.5. The van der Waals surface area contributed by atoms with E-state index in [1.54, 1.807) is 11.1 Å². The van der Waals surface area contributed by atoms with Gasteiger partial charge in [0.2, 0.25) is 0 Å². The van der Waals surface area contributed by atoms with Gasteiger partial charge in [-0.3, -0.25) is 0 Å². The van der Waals surface area contributed by atoms with Gasteiger partial charge in [-0.2, -0.15) is 0 Å². The molecule has 0 saturated carbocycles. The molecule has 0 aliphatic carbocycles. The molecule has 9 nitrogen and oxygen atoms in total. The number of rotatable bonds is 9. The van der Waals surface area contributed by atoms with Crippen molar-refractivity contribution >= 4 is 11.9 Å². The molecule has 0 bridgehead atoms. The highest BCUT2D eigenvalue weighted by atomic mass is 16.6. The molecule has 0 radical (unpaired) electrons. The number of unbranched alkanes of at least 4 members (excludes halogenated alkanes) is 3. The minimum absolute atomic E-state index is 0.0465. The molecule has 0 N–H and O–H groups in total. The van der Waals surface area contributed by atoms with Gasteiger partial charge in [-0.1, -0.05) is 18.0 Å². The van der Waals surface area contributed by atoms with Gasteiger partial charge in [0.15, 0.2) is 0 Å². The van der Waals surface area contributed by atoms with Gasteiger partial charge in [-0.15, -0.1) is 0 Å². The van der Waals surface area contributed by atoms with Crippen LogP contribution in [0, 0.1) is 0 Å². The van der Waals surface area contributed by atoms with Crippen molar-refractivity contribution in [3.63, 3.8) is 0 Å². The maximum absolute atomic E-state index is 12.4. The molecule has 1 fully saturated rings. The van der Waals surface area contributed by atoms with E-state index in [4.69, 9.17) is 15.0 Å². The van der Waals surface area contributed by atoms with Crippen LogP contribution in [0.25, 0.3) is 10.4 Å². The summed E-state index contributed by atoms with van der Waals surface area (Å²) in [4.78, 5) is 23.6. The van der Waals surface area contributed by atoms with Gasteiger partial charge >= 0.3 is 6.09 Å². The number of hydrogen-bond acceptors (Lipinski definition) is 6. The van der Waals surface area contributed by atoms with E-state index in [2.05, 4.69) is 19.9 Å². The molecule has 1 aliphatic heterocycles. The lowest BCUT2D eigenvalue weighted by Crippen LogP contribution is -2.55. The lowest BCUT2D eigenvalue weighted by Gasteiger charge is -2.40. The fourth-order valence-corrected chi connectivity index (χ4v) is 3.28. The molecule has 9 heteroatoms. The predicted octanol–water partition coefficient (Wildman–Crippen LogP) is 4.78. The second-order valence-electron chi connectivity index (χ2n) is 8.54. The van der Waals surface area contributed by atoms with Crippen LogP contribution < -0.4 is 9.64 Å². The normalized spacial score (nSPS) is 16.7. The number of carbonyl (C=O) groups excluding carboxylic acids is 1. The number of azide groups is 1. The Morgan fingerprint density at radius 3 is 2.67 bits per heavy atom. The summed E-state index contributed by atoms with van der Waals surface area (Å²) in [5.41, 5.74) is 7.74. The molecule has 1 saturated heterocycles. The molecule has 1 atom stereocenters. The first-order valence-electron chi connectivity index (χ1n) is 10.6. The fraction of sp³-hybridized carbons (Fsp3) is 0.714. The lowest BCUT2D eigenvalue weighted by molar-refractivity contribution is 0.0158. The highest BCUT2D eigenvalue weighted by Gasteiger charge is 2.31. The van der Waals surface area contributed by atoms with E-state index >= 15 is 0 Å². The molecule has 1 unspecified atom stereocenters. The SMILES string of the molecule is CC1CN(c2ccc(OCCCCCCN=[N+]=[N-])cn2)CCN1C(=O)OC(C)(C)C.